The Kier molecular flexibility index (Phi) is 2.85. The zero-order valence-corrected chi connectivity index (χ0v) is 10.5. The molecular weight excluding hydrogens is 246 g/mol. The van der Waals surface area contributed by atoms with Gasteiger partial charge in [0.2, 0.25) is 0 Å². The second-order valence-corrected chi connectivity index (χ2v) is 5.06. The van der Waals surface area contributed by atoms with E-state index >= 15 is 0 Å². The largest absolute Gasteiger partial charge is 0.281 e. The lowest BCUT2D eigenvalue weighted by atomic mass is 9.95. The smallest absolute Gasteiger partial charge is 0.272 e. The predicted octanol–water partition coefficient (Wildman–Crippen LogP) is 2.74. The van der Waals surface area contributed by atoms with E-state index in [1.807, 2.05) is 4.68 Å². The summed E-state index contributed by atoms with van der Waals surface area (Å²) in [5, 5.41) is 14.0. The van der Waals surface area contributed by atoms with Crippen LogP contribution >= 0.6 is 0 Å². The van der Waals surface area contributed by atoms with E-state index in [1.54, 1.807) is 6.07 Å². The van der Waals surface area contributed by atoms with Crippen molar-refractivity contribution in [2.24, 2.45) is 0 Å². The maximum Gasteiger partial charge on any atom is 0.272 e. The van der Waals surface area contributed by atoms with Crippen molar-refractivity contribution >= 4 is 16.6 Å². The third-order valence-corrected chi connectivity index (χ3v) is 3.86. The molecule has 0 spiro atoms. The predicted molar refractivity (Wildman–Crippen MR) is 71.3 cm³/mol. The third kappa shape index (κ3) is 2.03. The van der Waals surface area contributed by atoms with Crippen LogP contribution in [0, 0.1) is 10.1 Å². The zero-order chi connectivity index (χ0) is 13.4. The number of nitrogens with one attached hydrogen (secondary N) is 1. The number of H-pyrrole nitrogens is 1. The number of nitro benzene ring substituents is 1. The van der Waals surface area contributed by atoms with Crippen molar-refractivity contribution in [1.29, 1.82) is 0 Å². The molecule has 0 aliphatic heterocycles. The molecule has 100 valence electrons. The first kappa shape index (κ1) is 12.0. The fourth-order valence-electron chi connectivity index (χ4n) is 2.89. The lowest BCUT2D eigenvalue weighted by molar-refractivity contribution is -0.384. The van der Waals surface area contributed by atoms with Crippen LogP contribution in [-0.2, 0) is 0 Å². The van der Waals surface area contributed by atoms with E-state index in [0.29, 0.717) is 11.4 Å². The molecule has 1 aromatic heterocycles. The van der Waals surface area contributed by atoms with Crippen molar-refractivity contribution in [2.75, 3.05) is 0 Å². The first-order chi connectivity index (χ1) is 9.16. The van der Waals surface area contributed by atoms with Gasteiger partial charge in [-0.3, -0.25) is 24.7 Å². The van der Waals surface area contributed by atoms with Crippen LogP contribution in [-0.4, -0.2) is 14.7 Å². The Hall–Kier alpha value is -2.11. The second-order valence-electron chi connectivity index (χ2n) is 5.06. The van der Waals surface area contributed by atoms with E-state index in [4.69, 9.17) is 0 Å². The van der Waals surface area contributed by atoms with Crippen molar-refractivity contribution in [2.45, 2.75) is 38.1 Å². The quantitative estimate of drug-likeness (QED) is 0.666. The van der Waals surface area contributed by atoms with Crippen LogP contribution in [0.4, 0.5) is 5.69 Å². The number of fused-ring (bicyclic) bond motifs is 1. The van der Waals surface area contributed by atoms with Crippen molar-refractivity contribution in [3.63, 3.8) is 0 Å². The van der Waals surface area contributed by atoms with Gasteiger partial charge in [0.25, 0.3) is 11.2 Å². The number of benzene rings is 1. The second kappa shape index (κ2) is 4.53. The molecule has 0 unspecified atom stereocenters. The zero-order valence-electron chi connectivity index (χ0n) is 10.5. The van der Waals surface area contributed by atoms with Gasteiger partial charge in [-0.1, -0.05) is 19.3 Å². The number of nitrogens with zero attached hydrogens (tertiary/aromatic N) is 2. The number of nitro groups is 1. The Bertz CT molecular complexity index is 680. The lowest BCUT2D eigenvalue weighted by Crippen LogP contribution is -2.16. The summed E-state index contributed by atoms with van der Waals surface area (Å²) in [7, 11) is 0. The molecule has 0 amide bonds. The molecule has 1 aliphatic carbocycles. The summed E-state index contributed by atoms with van der Waals surface area (Å²) in [6, 6.07) is 4.78. The Morgan fingerprint density at radius 3 is 2.68 bits per heavy atom. The van der Waals surface area contributed by atoms with Gasteiger partial charge < -0.3 is 0 Å². The van der Waals surface area contributed by atoms with E-state index in [9.17, 15) is 14.9 Å². The van der Waals surface area contributed by atoms with Gasteiger partial charge in [-0.25, -0.2) is 0 Å². The summed E-state index contributed by atoms with van der Waals surface area (Å²) in [4.78, 5) is 22.2. The van der Waals surface area contributed by atoms with Gasteiger partial charge >= 0.3 is 0 Å². The molecule has 19 heavy (non-hydrogen) atoms. The van der Waals surface area contributed by atoms with Crippen LogP contribution in [0.25, 0.3) is 10.9 Å². The van der Waals surface area contributed by atoms with Gasteiger partial charge in [-0.2, -0.15) is 0 Å². The number of aromatic amines is 1. The highest BCUT2D eigenvalue weighted by Gasteiger charge is 2.20. The van der Waals surface area contributed by atoms with Crippen LogP contribution in [0.3, 0.4) is 0 Å². The van der Waals surface area contributed by atoms with Gasteiger partial charge in [0, 0.05) is 12.1 Å². The van der Waals surface area contributed by atoms with Crippen LogP contribution < -0.4 is 5.56 Å². The Labute approximate surface area is 109 Å². The molecule has 6 heteroatoms. The van der Waals surface area contributed by atoms with Gasteiger partial charge in [0.05, 0.1) is 21.9 Å². The number of rotatable bonds is 2. The molecule has 0 atom stereocenters. The molecule has 1 N–H and O–H groups in total. The summed E-state index contributed by atoms with van der Waals surface area (Å²) in [5.41, 5.74) is 0.478. The van der Waals surface area contributed by atoms with Crippen molar-refractivity contribution in [3.8, 4) is 0 Å². The monoisotopic (exact) mass is 261 g/mol. The van der Waals surface area contributed by atoms with Crippen molar-refractivity contribution in [1.82, 2.24) is 9.78 Å². The average Bonchev–Trinajstić information content (AvgIpc) is 2.77. The molecule has 3 rings (SSSR count). The molecule has 6 nitrogen and oxygen atoms in total. The summed E-state index contributed by atoms with van der Waals surface area (Å²) in [6.45, 7) is 0. The highest BCUT2D eigenvalue weighted by molar-refractivity contribution is 5.81. The summed E-state index contributed by atoms with van der Waals surface area (Å²) in [5.74, 6) is 0. The topological polar surface area (TPSA) is 80.9 Å². The molecule has 0 radical (unpaired) electrons. The molecule has 2 aromatic rings. The van der Waals surface area contributed by atoms with Gasteiger partial charge in [-0.15, -0.1) is 0 Å². The minimum absolute atomic E-state index is 0.0422. The van der Waals surface area contributed by atoms with Gasteiger partial charge in [0.15, 0.2) is 0 Å². The van der Waals surface area contributed by atoms with Crippen LogP contribution in [0.1, 0.15) is 38.1 Å². The van der Waals surface area contributed by atoms with Gasteiger partial charge in [0.1, 0.15) is 0 Å². The molecule has 1 saturated carbocycles. The van der Waals surface area contributed by atoms with Crippen molar-refractivity contribution < 1.29 is 4.92 Å². The fourth-order valence-corrected chi connectivity index (χ4v) is 2.89. The van der Waals surface area contributed by atoms with Crippen LogP contribution in [0.5, 0.6) is 0 Å². The standard InChI is InChI=1S/C13H15N3O3/c17-13-11-8-10(16(18)19)6-7-12(11)15(14-13)9-4-2-1-3-5-9/h6-9H,1-5H2,(H,14,17). The van der Waals surface area contributed by atoms with E-state index in [0.717, 1.165) is 18.4 Å². The summed E-state index contributed by atoms with van der Waals surface area (Å²) >= 11 is 0. The van der Waals surface area contributed by atoms with Crippen molar-refractivity contribution in [3.05, 3.63) is 38.7 Å². The minimum atomic E-state index is -0.475. The average molecular weight is 261 g/mol. The maximum absolute atomic E-state index is 11.9. The molecule has 0 bridgehead atoms. The fraction of sp³-hybridized carbons (Fsp3) is 0.462. The molecule has 1 fully saturated rings. The number of hydrogen-bond acceptors (Lipinski definition) is 3. The number of hydrogen-bond donors (Lipinski definition) is 1. The number of non-ortho nitro benzene ring substituents is 1. The first-order valence-electron chi connectivity index (χ1n) is 6.55. The summed E-state index contributed by atoms with van der Waals surface area (Å²) in [6.07, 6.45) is 5.68. The minimum Gasteiger partial charge on any atom is -0.281 e. The third-order valence-electron chi connectivity index (χ3n) is 3.86. The highest BCUT2D eigenvalue weighted by Crippen LogP contribution is 2.30. The normalized spacial score (nSPS) is 16.8. The van der Waals surface area contributed by atoms with E-state index in [2.05, 4.69) is 5.10 Å². The van der Waals surface area contributed by atoms with E-state index in [1.165, 1.54) is 31.4 Å². The van der Waals surface area contributed by atoms with Crippen LogP contribution in [0.2, 0.25) is 0 Å². The van der Waals surface area contributed by atoms with E-state index < -0.39 is 4.92 Å². The number of aromatic nitrogens is 2. The Balaban J connectivity index is 2.11. The molecule has 1 heterocycles. The Morgan fingerprint density at radius 1 is 1.26 bits per heavy atom. The molecule has 0 saturated heterocycles. The maximum atomic E-state index is 11.9. The summed E-state index contributed by atoms with van der Waals surface area (Å²) < 4.78 is 1.89. The first-order valence-corrected chi connectivity index (χ1v) is 6.55. The molecule has 1 aliphatic rings. The SMILES string of the molecule is O=c1[nH]n(C2CCCCC2)c2ccc([N+](=O)[O-])cc12. The Morgan fingerprint density at radius 2 is 2.00 bits per heavy atom. The van der Waals surface area contributed by atoms with Gasteiger partial charge in [-0.05, 0) is 18.9 Å². The van der Waals surface area contributed by atoms with Crippen LogP contribution in [0.15, 0.2) is 23.0 Å². The molecular formula is C13H15N3O3. The highest BCUT2D eigenvalue weighted by atomic mass is 16.6. The van der Waals surface area contributed by atoms with E-state index in [-0.39, 0.29) is 11.2 Å². The lowest BCUT2D eigenvalue weighted by Gasteiger charge is -2.23. The molecule has 1 aromatic carbocycles.